The van der Waals surface area contributed by atoms with Crippen molar-refractivity contribution in [3.8, 4) is 0 Å². The molecule has 0 aromatic carbocycles. The molecule has 0 saturated carbocycles. The van der Waals surface area contributed by atoms with E-state index in [1.54, 1.807) is 0 Å². The Balaban J connectivity index is 2.24. The number of nitrogens with zero attached hydrogens (tertiary/aromatic N) is 2. The molecule has 17 heavy (non-hydrogen) atoms. The summed E-state index contributed by atoms with van der Waals surface area (Å²) in [5, 5.41) is 13.9. The topological polar surface area (TPSA) is 103 Å². The van der Waals surface area contributed by atoms with Gasteiger partial charge in [-0.05, 0) is 19.4 Å². The highest BCUT2D eigenvalue weighted by molar-refractivity contribution is 5.59. The van der Waals surface area contributed by atoms with E-state index in [2.05, 4.69) is 10.3 Å². The molecule has 7 nitrogen and oxygen atoms in total. The number of hydrogen-bond acceptors (Lipinski definition) is 6. The van der Waals surface area contributed by atoms with Crippen LogP contribution in [-0.2, 0) is 4.74 Å². The number of rotatable bonds is 3. The van der Waals surface area contributed by atoms with Gasteiger partial charge in [0.1, 0.15) is 5.82 Å². The third-order valence-corrected chi connectivity index (χ3v) is 2.79. The highest BCUT2D eigenvalue weighted by atomic mass is 16.6. The Bertz CT molecular complexity index is 438. The van der Waals surface area contributed by atoms with Crippen LogP contribution < -0.4 is 11.1 Å². The molecule has 7 heteroatoms. The van der Waals surface area contributed by atoms with Gasteiger partial charge in [-0.15, -0.1) is 0 Å². The third kappa shape index (κ3) is 2.44. The molecular weight excluding hydrogens is 224 g/mol. The predicted octanol–water partition coefficient (Wildman–Crippen LogP) is 1.16. The predicted molar refractivity (Wildman–Crippen MR) is 62.7 cm³/mol. The van der Waals surface area contributed by atoms with Crippen LogP contribution in [0.5, 0.6) is 0 Å². The third-order valence-electron chi connectivity index (χ3n) is 2.79. The molecule has 2 heterocycles. The fourth-order valence-electron chi connectivity index (χ4n) is 1.82. The normalized spacial score (nSPS) is 23.6. The smallest absolute Gasteiger partial charge is 0.311 e. The van der Waals surface area contributed by atoms with Gasteiger partial charge >= 0.3 is 5.69 Å². The average molecular weight is 238 g/mol. The van der Waals surface area contributed by atoms with Crippen molar-refractivity contribution in [2.75, 3.05) is 17.7 Å². The summed E-state index contributed by atoms with van der Waals surface area (Å²) in [6.45, 7) is 2.57. The van der Waals surface area contributed by atoms with Crippen LogP contribution in [0, 0.1) is 10.1 Å². The summed E-state index contributed by atoms with van der Waals surface area (Å²) in [6, 6.07) is 2.80. The van der Waals surface area contributed by atoms with Crippen LogP contribution in [0.3, 0.4) is 0 Å². The van der Waals surface area contributed by atoms with Gasteiger partial charge in [0, 0.05) is 12.7 Å². The fourth-order valence-corrected chi connectivity index (χ4v) is 1.82. The molecule has 0 aliphatic carbocycles. The Morgan fingerprint density at radius 1 is 1.65 bits per heavy atom. The van der Waals surface area contributed by atoms with Crippen LogP contribution in [0.1, 0.15) is 13.3 Å². The summed E-state index contributed by atoms with van der Waals surface area (Å²) in [6.07, 6.45) is 0.812. The first-order valence-electron chi connectivity index (χ1n) is 5.37. The molecule has 0 amide bonds. The monoisotopic (exact) mass is 238 g/mol. The zero-order valence-corrected chi connectivity index (χ0v) is 9.42. The maximum atomic E-state index is 10.8. The van der Waals surface area contributed by atoms with Gasteiger partial charge in [-0.25, -0.2) is 4.98 Å². The van der Waals surface area contributed by atoms with Crippen LogP contribution in [0.4, 0.5) is 17.3 Å². The van der Waals surface area contributed by atoms with Gasteiger partial charge < -0.3 is 15.8 Å². The Hall–Kier alpha value is -1.89. The first kappa shape index (κ1) is 11.6. The number of nitrogens with one attached hydrogen (secondary N) is 1. The maximum absolute atomic E-state index is 10.8. The number of pyridine rings is 1. The molecular formula is C10H14N4O3. The van der Waals surface area contributed by atoms with Crippen molar-refractivity contribution >= 4 is 17.3 Å². The maximum Gasteiger partial charge on any atom is 0.311 e. The van der Waals surface area contributed by atoms with E-state index in [1.807, 2.05) is 6.92 Å². The molecule has 0 bridgehead atoms. The van der Waals surface area contributed by atoms with E-state index in [0.29, 0.717) is 6.61 Å². The van der Waals surface area contributed by atoms with Gasteiger partial charge in [0.05, 0.1) is 17.1 Å². The second kappa shape index (κ2) is 4.54. The number of anilines is 2. The van der Waals surface area contributed by atoms with E-state index >= 15 is 0 Å². The van der Waals surface area contributed by atoms with Crippen molar-refractivity contribution in [3.63, 3.8) is 0 Å². The Labute approximate surface area is 98.1 Å². The molecule has 2 unspecified atom stereocenters. The average Bonchev–Trinajstić information content (AvgIpc) is 2.64. The number of hydrogen-bond donors (Lipinski definition) is 2. The molecule has 1 fully saturated rings. The highest BCUT2D eigenvalue weighted by Crippen LogP contribution is 2.26. The molecule has 0 spiro atoms. The van der Waals surface area contributed by atoms with Crippen molar-refractivity contribution < 1.29 is 9.66 Å². The number of nitrogen functional groups attached to an aromatic ring is 1. The summed E-state index contributed by atoms with van der Waals surface area (Å²) in [4.78, 5) is 14.3. The molecule has 1 aliphatic heterocycles. The van der Waals surface area contributed by atoms with Crippen molar-refractivity contribution in [3.05, 3.63) is 22.2 Å². The number of nitro groups is 1. The van der Waals surface area contributed by atoms with Gasteiger partial charge in [-0.3, -0.25) is 10.1 Å². The Kier molecular flexibility index (Phi) is 3.10. The number of nitrogens with two attached hydrogens (primary N) is 1. The van der Waals surface area contributed by atoms with E-state index < -0.39 is 4.92 Å². The van der Waals surface area contributed by atoms with Crippen LogP contribution in [0.25, 0.3) is 0 Å². The van der Waals surface area contributed by atoms with E-state index in [0.717, 1.165) is 6.42 Å². The quantitative estimate of drug-likeness (QED) is 0.605. The summed E-state index contributed by atoms with van der Waals surface area (Å²) < 4.78 is 5.38. The van der Waals surface area contributed by atoms with Crippen LogP contribution in [0.15, 0.2) is 12.1 Å². The van der Waals surface area contributed by atoms with Gasteiger partial charge in [-0.1, -0.05) is 0 Å². The lowest BCUT2D eigenvalue weighted by Gasteiger charge is -2.16. The van der Waals surface area contributed by atoms with Gasteiger partial charge in [0.25, 0.3) is 0 Å². The SMILES string of the molecule is CC1OCCC1Nc1nc(N)ccc1[N+](=O)[O-]. The van der Waals surface area contributed by atoms with Gasteiger partial charge in [-0.2, -0.15) is 0 Å². The van der Waals surface area contributed by atoms with Gasteiger partial charge in [0.2, 0.25) is 5.82 Å². The molecule has 2 atom stereocenters. The Morgan fingerprint density at radius 2 is 2.41 bits per heavy atom. The molecule has 92 valence electrons. The number of aromatic nitrogens is 1. The summed E-state index contributed by atoms with van der Waals surface area (Å²) >= 11 is 0. The lowest BCUT2D eigenvalue weighted by atomic mass is 10.1. The zero-order valence-electron chi connectivity index (χ0n) is 9.42. The highest BCUT2D eigenvalue weighted by Gasteiger charge is 2.27. The largest absolute Gasteiger partial charge is 0.384 e. The molecule has 3 N–H and O–H groups in total. The lowest BCUT2D eigenvalue weighted by Crippen LogP contribution is -2.27. The van der Waals surface area contributed by atoms with Crippen molar-refractivity contribution in [2.24, 2.45) is 0 Å². The minimum atomic E-state index is -0.477. The molecule has 2 rings (SSSR count). The van der Waals surface area contributed by atoms with Crippen molar-refractivity contribution in [1.29, 1.82) is 0 Å². The van der Waals surface area contributed by atoms with E-state index in [9.17, 15) is 10.1 Å². The zero-order chi connectivity index (χ0) is 12.4. The molecule has 1 saturated heterocycles. The van der Waals surface area contributed by atoms with Crippen LogP contribution >= 0.6 is 0 Å². The standard InChI is InChI=1S/C10H14N4O3/c1-6-7(4-5-17-6)12-10-8(14(15)16)2-3-9(11)13-10/h2-3,6-7H,4-5H2,1H3,(H3,11,12,13). The second-order valence-corrected chi connectivity index (χ2v) is 3.98. The number of ether oxygens (including phenoxy) is 1. The fraction of sp³-hybridized carbons (Fsp3) is 0.500. The van der Waals surface area contributed by atoms with E-state index in [-0.39, 0.29) is 29.5 Å². The first-order chi connectivity index (χ1) is 8.08. The molecule has 1 aliphatic rings. The summed E-state index contributed by atoms with van der Waals surface area (Å²) in [5.74, 6) is 0.460. The molecule has 1 aromatic heterocycles. The minimum Gasteiger partial charge on any atom is -0.384 e. The van der Waals surface area contributed by atoms with E-state index in [1.165, 1.54) is 12.1 Å². The first-order valence-corrected chi connectivity index (χ1v) is 5.37. The van der Waals surface area contributed by atoms with Gasteiger partial charge in [0.15, 0.2) is 0 Å². The van der Waals surface area contributed by atoms with Crippen molar-refractivity contribution in [2.45, 2.75) is 25.5 Å². The van der Waals surface area contributed by atoms with Crippen molar-refractivity contribution in [1.82, 2.24) is 4.98 Å². The lowest BCUT2D eigenvalue weighted by molar-refractivity contribution is -0.384. The summed E-state index contributed by atoms with van der Waals surface area (Å²) in [5.41, 5.74) is 5.46. The summed E-state index contributed by atoms with van der Waals surface area (Å²) in [7, 11) is 0. The van der Waals surface area contributed by atoms with E-state index in [4.69, 9.17) is 10.5 Å². The van der Waals surface area contributed by atoms with Crippen LogP contribution in [0.2, 0.25) is 0 Å². The second-order valence-electron chi connectivity index (χ2n) is 3.98. The van der Waals surface area contributed by atoms with Crippen LogP contribution in [-0.4, -0.2) is 28.7 Å². The molecule has 1 aromatic rings. The molecule has 0 radical (unpaired) electrons. The Morgan fingerprint density at radius 3 is 3.00 bits per heavy atom. The minimum absolute atomic E-state index is 0.0119.